The van der Waals surface area contributed by atoms with Crippen molar-refractivity contribution in [2.24, 2.45) is 0 Å². The van der Waals surface area contributed by atoms with Crippen molar-refractivity contribution in [3.8, 4) is 0 Å². The summed E-state index contributed by atoms with van der Waals surface area (Å²) in [6.45, 7) is 4.80. The van der Waals surface area contributed by atoms with Crippen LogP contribution in [0.2, 0.25) is 0 Å². The second-order valence-electron chi connectivity index (χ2n) is 6.48. The van der Waals surface area contributed by atoms with Crippen molar-refractivity contribution in [3.05, 3.63) is 29.3 Å². The molecule has 2 nitrogen and oxygen atoms in total. The van der Waals surface area contributed by atoms with Crippen LogP contribution < -0.4 is 0 Å². The van der Waals surface area contributed by atoms with Crippen molar-refractivity contribution in [1.82, 2.24) is 9.88 Å². The molecular formula is C19H28N2S. The Bertz CT molecular complexity index is 539. The predicted octanol–water partition coefficient (Wildman–Crippen LogP) is 5.79. The van der Waals surface area contributed by atoms with Crippen LogP contribution in [-0.2, 0) is 0 Å². The minimum atomic E-state index is 0.557. The first-order chi connectivity index (χ1) is 10.9. The molecule has 1 aliphatic heterocycles. The van der Waals surface area contributed by atoms with Crippen LogP contribution >= 0.6 is 11.3 Å². The molecule has 1 aromatic heterocycles. The summed E-state index contributed by atoms with van der Waals surface area (Å²) in [6, 6.07) is 9.14. The molecule has 0 amide bonds. The molecule has 0 saturated carbocycles. The Labute approximate surface area is 138 Å². The Hall–Kier alpha value is -0.930. The van der Waals surface area contributed by atoms with E-state index in [2.05, 4.69) is 36.1 Å². The molecule has 0 radical (unpaired) electrons. The zero-order chi connectivity index (χ0) is 15.2. The van der Waals surface area contributed by atoms with Crippen molar-refractivity contribution in [3.63, 3.8) is 0 Å². The Morgan fingerprint density at radius 2 is 1.86 bits per heavy atom. The molecule has 0 spiro atoms. The van der Waals surface area contributed by atoms with Gasteiger partial charge in [-0.15, -0.1) is 11.3 Å². The number of benzene rings is 1. The molecule has 0 aliphatic carbocycles. The third kappa shape index (κ3) is 3.88. The van der Waals surface area contributed by atoms with Gasteiger partial charge in [-0.05, 0) is 44.5 Å². The van der Waals surface area contributed by atoms with Gasteiger partial charge < -0.3 is 0 Å². The Morgan fingerprint density at radius 3 is 2.64 bits per heavy atom. The highest BCUT2D eigenvalue weighted by atomic mass is 32.1. The minimum Gasteiger partial charge on any atom is -0.294 e. The first-order valence-electron chi connectivity index (χ1n) is 8.98. The number of unbranched alkanes of at least 4 members (excludes halogenated alkanes) is 4. The Balaban J connectivity index is 1.69. The summed E-state index contributed by atoms with van der Waals surface area (Å²) >= 11 is 1.91. The second kappa shape index (κ2) is 8.07. The number of fused-ring (bicyclic) bond motifs is 1. The quantitative estimate of drug-likeness (QED) is 0.573. The van der Waals surface area contributed by atoms with Gasteiger partial charge in [-0.3, -0.25) is 4.90 Å². The third-order valence-corrected chi connectivity index (χ3v) is 5.90. The standard InChI is InChI=1S/C19H28N2S/c1-2-3-4-5-6-12-17(21-14-9-10-15-21)19-20-16-11-7-8-13-18(16)22-19/h7-8,11,13,17H,2-6,9-10,12,14-15H2,1H3. The van der Waals surface area contributed by atoms with E-state index >= 15 is 0 Å². The maximum Gasteiger partial charge on any atom is 0.111 e. The van der Waals surface area contributed by atoms with Gasteiger partial charge in [-0.2, -0.15) is 0 Å². The first kappa shape index (κ1) is 15.9. The van der Waals surface area contributed by atoms with E-state index in [0.717, 1.165) is 0 Å². The van der Waals surface area contributed by atoms with Gasteiger partial charge in [0, 0.05) is 0 Å². The molecule has 1 aromatic carbocycles. The van der Waals surface area contributed by atoms with E-state index < -0.39 is 0 Å². The largest absolute Gasteiger partial charge is 0.294 e. The molecule has 0 N–H and O–H groups in total. The molecule has 1 aliphatic rings. The van der Waals surface area contributed by atoms with Gasteiger partial charge in [0.2, 0.25) is 0 Å². The van der Waals surface area contributed by atoms with E-state index in [1.807, 2.05) is 11.3 Å². The van der Waals surface area contributed by atoms with E-state index in [1.165, 1.54) is 79.7 Å². The predicted molar refractivity (Wildman–Crippen MR) is 96.5 cm³/mol. The van der Waals surface area contributed by atoms with Crippen molar-refractivity contribution in [1.29, 1.82) is 0 Å². The fourth-order valence-electron chi connectivity index (χ4n) is 3.49. The molecule has 0 bridgehead atoms. The molecule has 120 valence electrons. The molecule has 3 heteroatoms. The van der Waals surface area contributed by atoms with E-state index in [1.54, 1.807) is 0 Å². The van der Waals surface area contributed by atoms with Gasteiger partial charge in [-0.1, -0.05) is 51.2 Å². The molecule has 1 saturated heterocycles. The zero-order valence-electron chi connectivity index (χ0n) is 13.8. The Morgan fingerprint density at radius 1 is 1.09 bits per heavy atom. The van der Waals surface area contributed by atoms with E-state index in [4.69, 9.17) is 4.98 Å². The summed E-state index contributed by atoms with van der Waals surface area (Å²) in [5.74, 6) is 0. The number of hydrogen-bond acceptors (Lipinski definition) is 3. The molecule has 2 heterocycles. The van der Waals surface area contributed by atoms with E-state index in [0.29, 0.717) is 6.04 Å². The van der Waals surface area contributed by atoms with Gasteiger partial charge in [0.25, 0.3) is 0 Å². The smallest absolute Gasteiger partial charge is 0.111 e. The monoisotopic (exact) mass is 316 g/mol. The maximum absolute atomic E-state index is 4.95. The van der Waals surface area contributed by atoms with Crippen molar-refractivity contribution < 1.29 is 0 Å². The van der Waals surface area contributed by atoms with E-state index in [9.17, 15) is 0 Å². The maximum atomic E-state index is 4.95. The van der Waals surface area contributed by atoms with Crippen LogP contribution in [0.25, 0.3) is 10.2 Å². The van der Waals surface area contributed by atoms with Gasteiger partial charge >= 0.3 is 0 Å². The van der Waals surface area contributed by atoms with E-state index in [-0.39, 0.29) is 0 Å². The minimum absolute atomic E-state index is 0.557. The number of aromatic nitrogens is 1. The lowest BCUT2D eigenvalue weighted by atomic mass is 10.1. The van der Waals surface area contributed by atoms with Gasteiger partial charge in [-0.25, -0.2) is 4.98 Å². The topological polar surface area (TPSA) is 16.1 Å². The lowest BCUT2D eigenvalue weighted by Crippen LogP contribution is -2.25. The number of rotatable bonds is 8. The van der Waals surface area contributed by atoms with Crippen molar-refractivity contribution in [2.75, 3.05) is 13.1 Å². The number of hydrogen-bond donors (Lipinski definition) is 0. The van der Waals surface area contributed by atoms with Crippen LogP contribution in [0, 0.1) is 0 Å². The average Bonchev–Trinajstić information content (AvgIpc) is 3.20. The Kier molecular flexibility index (Phi) is 5.85. The highest BCUT2D eigenvalue weighted by molar-refractivity contribution is 7.18. The zero-order valence-corrected chi connectivity index (χ0v) is 14.6. The fourth-order valence-corrected chi connectivity index (χ4v) is 4.63. The average molecular weight is 317 g/mol. The van der Waals surface area contributed by atoms with Gasteiger partial charge in [0.05, 0.1) is 16.3 Å². The summed E-state index contributed by atoms with van der Waals surface area (Å²) in [4.78, 5) is 7.63. The third-order valence-electron chi connectivity index (χ3n) is 4.76. The van der Waals surface area contributed by atoms with Crippen LogP contribution in [0.4, 0.5) is 0 Å². The van der Waals surface area contributed by atoms with Crippen LogP contribution in [0.3, 0.4) is 0 Å². The highest BCUT2D eigenvalue weighted by Crippen LogP contribution is 2.34. The first-order valence-corrected chi connectivity index (χ1v) is 9.79. The number of para-hydroxylation sites is 1. The summed E-state index contributed by atoms with van der Waals surface area (Å²) in [7, 11) is 0. The number of thiazole rings is 1. The van der Waals surface area contributed by atoms with Crippen LogP contribution in [0.15, 0.2) is 24.3 Å². The highest BCUT2D eigenvalue weighted by Gasteiger charge is 2.25. The summed E-state index contributed by atoms with van der Waals surface area (Å²) in [6.07, 6.45) is 10.8. The van der Waals surface area contributed by atoms with Crippen molar-refractivity contribution in [2.45, 2.75) is 64.3 Å². The number of nitrogens with zero attached hydrogens (tertiary/aromatic N) is 2. The van der Waals surface area contributed by atoms with Crippen LogP contribution in [0.1, 0.15) is 69.3 Å². The molecular weight excluding hydrogens is 288 g/mol. The SMILES string of the molecule is CCCCCCCC(c1nc2ccccc2s1)N1CCCC1. The molecule has 22 heavy (non-hydrogen) atoms. The lowest BCUT2D eigenvalue weighted by Gasteiger charge is -2.25. The number of likely N-dealkylation sites (tertiary alicyclic amines) is 1. The second-order valence-corrected chi connectivity index (χ2v) is 7.54. The summed E-state index contributed by atoms with van der Waals surface area (Å²) in [5.41, 5.74) is 1.18. The summed E-state index contributed by atoms with van der Waals surface area (Å²) < 4.78 is 1.34. The molecule has 3 rings (SSSR count). The molecule has 1 fully saturated rings. The van der Waals surface area contributed by atoms with Gasteiger partial charge in [0.15, 0.2) is 0 Å². The van der Waals surface area contributed by atoms with Gasteiger partial charge in [0.1, 0.15) is 5.01 Å². The molecule has 2 aromatic rings. The summed E-state index contributed by atoms with van der Waals surface area (Å²) in [5, 5.41) is 1.35. The fraction of sp³-hybridized carbons (Fsp3) is 0.632. The van der Waals surface area contributed by atoms with Crippen LogP contribution in [-0.4, -0.2) is 23.0 Å². The molecule has 1 unspecified atom stereocenters. The van der Waals surface area contributed by atoms with Crippen LogP contribution in [0.5, 0.6) is 0 Å². The lowest BCUT2D eigenvalue weighted by molar-refractivity contribution is 0.228. The normalized spacial score (nSPS) is 17.3. The van der Waals surface area contributed by atoms with Crippen molar-refractivity contribution >= 4 is 21.6 Å². The molecule has 1 atom stereocenters.